The van der Waals surface area contributed by atoms with E-state index in [1.54, 1.807) is 25.1 Å². The van der Waals surface area contributed by atoms with Crippen LogP contribution in [0.2, 0.25) is 15.1 Å². The first-order valence-corrected chi connectivity index (χ1v) is 13.3. The van der Waals surface area contributed by atoms with Crippen LogP contribution in [0, 0.1) is 0 Å². The normalized spacial score (nSPS) is 12.4. The van der Waals surface area contributed by atoms with Crippen molar-refractivity contribution in [3.05, 3.63) is 63.1 Å². The minimum absolute atomic E-state index is 0.00795. The molecule has 2 aromatic carbocycles. The summed E-state index contributed by atoms with van der Waals surface area (Å²) < 4.78 is 26.8. The van der Waals surface area contributed by atoms with E-state index in [4.69, 9.17) is 34.8 Å². The highest BCUT2D eigenvalue weighted by atomic mass is 35.5. The molecule has 0 aromatic heterocycles. The predicted octanol–water partition coefficient (Wildman–Crippen LogP) is 4.60. The van der Waals surface area contributed by atoms with Crippen LogP contribution in [-0.2, 0) is 26.2 Å². The quantitative estimate of drug-likeness (QED) is 0.416. The van der Waals surface area contributed by atoms with Crippen molar-refractivity contribution in [2.75, 3.05) is 20.1 Å². The van der Waals surface area contributed by atoms with Gasteiger partial charge in [0.15, 0.2) is 0 Å². The minimum atomic E-state index is -3.94. The van der Waals surface area contributed by atoms with Gasteiger partial charge in [0.1, 0.15) is 6.04 Å². The standard InChI is InChI=1S/C23H28Cl3N3O4S/c1-4-5-12-27-23(31)16(2)29(14-17-6-11-20(25)21(26)13-17)22(30)15-28(3)34(32,33)19-9-7-18(24)8-10-19/h6-11,13,16H,4-5,12,14-15H2,1-3H3,(H,27,31)/t16-/m1/s1. The van der Waals surface area contributed by atoms with Crippen LogP contribution < -0.4 is 5.32 Å². The molecule has 0 radical (unpaired) electrons. The van der Waals surface area contributed by atoms with Gasteiger partial charge in [-0.25, -0.2) is 8.42 Å². The average molecular weight is 549 g/mol. The Bertz CT molecular complexity index is 1110. The summed E-state index contributed by atoms with van der Waals surface area (Å²) in [6.45, 7) is 3.68. The first kappa shape index (κ1) is 28.4. The third kappa shape index (κ3) is 7.58. The number of amides is 2. The summed E-state index contributed by atoms with van der Waals surface area (Å²) in [6.07, 6.45) is 1.72. The van der Waals surface area contributed by atoms with Gasteiger partial charge in [-0.2, -0.15) is 4.31 Å². The zero-order valence-electron chi connectivity index (χ0n) is 19.2. The molecule has 0 aliphatic carbocycles. The van der Waals surface area contributed by atoms with Crippen molar-refractivity contribution >= 4 is 56.6 Å². The van der Waals surface area contributed by atoms with Gasteiger partial charge in [-0.3, -0.25) is 9.59 Å². The van der Waals surface area contributed by atoms with E-state index in [0.717, 1.165) is 17.1 Å². The molecule has 0 aliphatic rings. The van der Waals surface area contributed by atoms with Crippen LogP contribution >= 0.6 is 34.8 Å². The smallest absolute Gasteiger partial charge is 0.243 e. The second-order valence-electron chi connectivity index (χ2n) is 7.81. The van der Waals surface area contributed by atoms with E-state index in [-0.39, 0.29) is 17.3 Å². The molecule has 34 heavy (non-hydrogen) atoms. The van der Waals surface area contributed by atoms with E-state index < -0.39 is 28.5 Å². The fourth-order valence-electron chi connectivity index (χ4n) is 3.11. The lowest BCUT2D eigenvalue weighted by Crippen LogP contribution is -2.50. The van der Waals surface area contributed by atoms with E-state index in [2.05, 4.69) is 5.32 Å². The van der Waals surface area contributed by atoms with Gasteiger partial charge in [-0.15, -0.1) is 0 Å². The fourth-order valence-corrected chi connectivity index (χ4v) is 4.67. The number of nitrogens with zero attached hydrogens (tertiary/aromatic N) is 2. The molecular weight excluding hydrogens is 521 g/mol. The minimum Gasteiger partial charge on any atom is -0.354 e. The third-order valence-corrected chi connectivity index (χ3v) is 8.02. The van der Waals surface area contributed by atoms with Crippen molar-refractivity contribution in [3.63, 3.8) is 0 Å². The zero-order chi connectivity index (χ0) is 25.5. The molecule has 1 N–H and O–H groups in total. The molecule has 0 bridgehead atoms. The summed E-state index contributed by atoms with van der Waals surface area (Å²) in [5.41, 5.74) is 0.652. The molecule has 0 heterocycles. The van der Waals surface area contributed by atoms with Gasteiger partial charge in [0.2, 0.25) is 21.8 Å². The van der Waals surface area contributed by atoms with Crippen molar-refractivity contribution < 1.29 is 18.0 Å². The van der Waals surface area contributed by atoms with Crippen LogP contribution in [0.3, 0.4) is 0 Å². The van der Waals surface area contributed by atoms with Gasteiger partial charge in [0.05, 0.1) is 21.5 Å². The van der Waals surface area contributed by atoms with Gasteiger partial charge >= 0.3 is 0 Å². The Morgan fingerprint density at radius 1 is 1.03 bits per heavy atom. The number of carbonyl (C=O) groups excluding carboxylic acids is 2. The molecule has 11 heteroatoms. The van der Waals surface area contributed by atoms with Gasteiger partial charge in [-0.05, 0) is 55.3 Å². The monoisotopic (exact) mass is 547 g/mol. The highest BCUT2D eigenvalue weighted by molar-refractivity contribution is 7.89. The molecule has 2 amide bonds. The molecule has 0 aliphatic heterocycles. The molecule has 2 aromatic rings. The molecule has 2 rings (SSSR count). The Labute approximate surface area is 216 Å². The van der Waals surface area contributed by atoms with Crippen molar-refractivity contribution in [1.82, 2.24) is 14.5 Å². The summed E-state index contributed by atoms with van der Waals surface area (Å²) in [6, 6.07) is 9.74. The number of halogens is 3. The zero-order valence-corrected chi connectivity index (χ0v) is 22.3. The summed E-state index contributed by atoms with van der Waals surface area (Å²) in [4.78, 5) is 27.3. The fraction of sp³-hybridized carbons (Fsp3) is 0.391. The van der Waals surface area contributed by atoms with E-state index in [1.165, 1.54) is 36.2 Å². The number of sulfonamides is 1. The lowest BCUT2D eigenvalue weighted by atomic mass is 10.1. The average Bonchev–Trinajstić information content (AvgIpc) is 2.79. The molecular formula is C23H28Cl3N3O4S. The molecule has 0 fully saturated rings. The SMILES string of the molecule is CCCCNC(=O)[C@@H](C)N(Cc1ccc(Cl)c(Cl)c1)C(=O)CN(C)S(=O)(=O)c1ccc(Cl)cc1. The Balaban J connectivity index is 2.26. The van der Waals surface area contributed by atoms with Crippen molar-refractivity contribution in [2.45, 2.75) is 44.2 Å². The number of nitrogens with one attached hydrogen (secondary N) is 1. The summed E-state index contributed by atoms with van der Waals surface area (Å²) in [5.74, 6) is -0.866. The summed E-state index contributed by atoms with van der Waals surface area (Å²) in [5, 5.41) is 3.89. The highest BCUT2D eigenvalue weighted by Crippen LogP contribution is 2.24. The molecule has 0 unspecified atom stereocenters. The second kappa shape index (κ2) is 12.7. The van der Waals surface area contributed by atoms with E-state index >= 15 is 0 Å². The third-order valence-electron chi connectivity index (χ3n) is 5.21. The molecule has 186 valence electrons. The largest absolute Gasteiger partial charge is 0.354 e. The Morgan fingerprint density at radius 2 is 1.68 bits per heavy atom. The first-order valence-electron chi connectivity index (χ1n) is 10.7. The maximum absolute atomic E-state index is 13.3. The maximum atomic E-state index is 13.3. The number of hydrogen-bond donors (Lipinski definition) is 1. The lowest BCUT2D eigenvalue weighted by molar-refractivity contribution is -0.140. The predicted molar refractivity (Wildman–Crippen MR) is 136 cm³/mol. The van der Waals surface area contributed by atoms with Crippen LogP contribution in [-0.4, -0.2) is 55.6 Å². The number of hydrogen-bond acceptors (Lipinski definition) is 4. The van der Waals surface area contributed by atoms with Crippen molar-refractivity contribution in [1.29, 1.82) is 0 Å². The number of carbonyl (C=O) groups is 2. The Hall–Kier alpha value is -1.84. The van der Waals surface area contributed by atoms with Crippen LogP contribution in [0.4, 0.5) is 0 Å². The number of unbranched alkanes of at least 4 members (excludes halogenated alkanes) is 1. The van der Waals surface area contributed by atoms with Crippen LogP contribution in [0.1, 0.15) is 32.3 Å². The molecule has 0 saturated heterocycles. The lowest BCUT2D eigenvalue weighted by Gasteiger charge is -2.30. The van der Waals surface area contributed by atoms with Crippen molar-refractivity contribution in [3.8, 4) is 0 Å². The van der Waals surface area contributed by atoms with Crippen molar-refractivity contribution in [2.24, 2.45) is 0 Å². The Kier molecular flexibility index (Phi) is 10.6. The molecule has 0 saturated carbocycles. The van der Waals surface area contributed by atoms with Gasteiger partial charge in [-0.1, -0.05) is 54.2 Å². The number of rotatable bonds is 11. The second-order valence-corrected chi connectivity index (χ2v) is 11.1. The topological polar surface area (TPSA) is 86.8 Å². The first-order chi connectivity index (χ1) is 16.0. The van der Waals surface area contributed by atoms with Gasteiger partial charge in [0.25, 0.3) is 0 Å². The summed E-state index contributed by atoms with van der Waals surface area (Å²) in [7, 11) is -2.63. The highest BCUT2D eigenvalue weighted by Gasteiger charge is 2.30. The van der Waals surface area contributed by atoms with Gasteiger partial charge < -0.3 is 10.2 Å². The van der Waals surface area contributed by atoms with E-state index in [0.29, 0.717) is 27.2 Å². The molecule has 7 nitrogen and oxygen atoms in total. The number of likely N-dealkylation sites (N-methyl/N-ethyl adjacent to an activating group) is 1. The van der Waals surface area contributed by atoms with Gasteiger partial charge in [0, 0.05) is 25.2 Å². The van der Waals surface area contributed by atoms with Crippen LogP contribution in [0.25, 0.3) is 0 Å². The molecule has 1 atom stereocenters. The van der Waals surface area contributed by atoms with Crippen LogP contribution in [0.5, 0.6) is 0 Å². The van der Waals surface area contributed by atoms with Crippen LogP contribution in [0.15, 0.2) is 47.4 Å². The summed E-state index contributed by atoms with van der Waals surface area (Å²) >= 11 is 18.0. The molecule has 0 spiro atoms. The Morgan fingerprint density at radius 3 is 2.26 bits per heavy atom. The van der Waals surface area contributed by atoms with E-state index in [1.807, 2.05) is 6.92 Å². The maximum Gasteiger partial charge on any atom is 0.243 e. The van der Waals surface area contributed by atoms with E-state index in [9.17, 15) is 18.0 Å². The number of benzene rings is 2.